The van der Waals surface area contributed by atoms with Gasteiger partial charge in [-0.3, -0.25) is 0 Å². The fourth-order valence-electron chi connectivity index (χ4n) is 2.64. The number of aryl methyl sites for hydroxylation is 1. The molecular weight excluding hydrogens is 198 g/mol. The molecule has 0 radical (unpaired) electrons. The molecule has 0 saturated carbocycles. The minimum atomic E-state index is 0.207. The maximum absolute atomic E-state index is 6.06. The van der Waals surface area contributed by atoms with E-state index in [1.807, 2.05) is 19.4 Å². The predicted octanol–water partition coefficient (Wildman–Crippen LogP) is 2.04. The molecule has 3 nitrogen and oxygen atoms in total. The Bertz CT molecular complexity index is 401. The SMILES string of the molecule is Cn1ccnc1CC1=CC(N)CC(C)(C)C1. The summed E-state index contributed by atoms with van der Waals surface area (Å²) >= 11 is 0. The van der Waals surface area contributed by atoms with E-state index < -0.39 is 0 Å². The molecule has 3 heteroatoms. The van der Waals surface area contributed by atoms with Gasteiger partial charge < -0.3 is 10.3 Å². The third-order valence-electron chi connectivity index (χ3n) is 3.25. The number of allylic oxidation sites excluding steroid dienone is 1. The summed E-state index contributed by atoms with van der Waals surface area (Å²) in [4.78, 5) is 4.36. The van der Waals surface area contributed by atoms with E-state index in [0.29, 0.717) is 5.41 Å². The van der Waals surface area contributed by atoms with Crippen molar-refractivity contribution >= 4 is 0 Å². The zero-order chi connectivity index (χ0) is 11.8. The first kappa shape index (κ1) is 11.4. The number of aromatic nitrogens is 2. The molecule has 1 heterocycles. The van der Waals surface area contributed by atoms with Crippen molar-refractivity contribution in [2.75, 3.05) is 0 Å². The van der Waals surface area contributed by atoms with Crippen molar-refractivity contribution in [3.63, 3.8) is 0 Å². The van der Waals surface area contributed by atoms with Gasteiger partial charge in [0.25, 0.3) is 0 Å². The second-order valence-electron chi connectivity index (χ2n) is 5.67. The Morgan fingerprint density at radius 1 is 1.56 bits per heavy atom. The first-order chi connectivity index (χ1) is 7.46. The van der Waals surface area contributed by atoms with Crippen LogP contribution in [0.4, 0.5) is 0 Å². The highest BCUT2D eigenvalue weighted by molar-refractivity contribution is 5.18. The van der Waals surface area contributed by atoms with E-state index in [0.717, 1.165) is 25.1 Å². The Kier molecular flexibility index (Phi) is 2.89. The summed E-state index contributed by atoms with van der Waals surface area (Å²) in [7, 11) is 2.04. The maximum atomic E-state index is 6.06. The summed E-state index contributed by atoms with van der Waals surface area (Å²) in [5.74, 6) is 1.12. The molecule has 88 valence electrons. The Balaban J connectivity index is 2.13. The van der Waals surface area contributed by atoms with E-state index in [1.165, 1.54) is 5.57 Å². The number of imidazole rings is 1. The standard InChI is InChI=1S/C13H21N3/c1-13(2)8-10(6-11(14)9-13)7-12-15-4-5-16(12)3/h4-6,11H,7-9,14H2,1-3H3. The van der Waals surface area contributed by atoms with Crippen LogP contribution < -0.4 is 5.73 Å². The molecule has 0 aliphatic heterocycles. The average Bonchev–Trinajstić information content (AvgIpc) is 2.48. The first-order valence-electron chi connectivity index (χ1n) is 5.88. The van der Waals surface area contributed by atoms with E-state index in [-0.39, 0.29) is 6.04 Å². The number of nitrogens with zero attached hydrogens (tertiary/aromatic N) is 2. The Labute approximate surface area is 97.4 Å². The second-order valence-corrected chi connectivity index (χ2v) is 5.67. The van der Waals surface area contributed by atoms with Crippen LogP contribution in [-0.2, 0) is 13.5 Å². The van der Waals surface area contributed by atoms with Crippen molar-refractivity contribution in [2.24, 2.45) is 18.2 Å². The normalized spacial score (nSPS) is 24.2. The number of hydrogen-bond acceptors (Lipinski definition) is 2. The van der Waals surface area contributed by atoms with Crippen LogP contribution in [0.15, 0.2) is 24.0 Å². The molecule has 2 rings (SSSR count). The summed E-state index contributed by atoms with van der Waals surface area (Å²) < 4.78 is 2.08. The average molecular weight is 219 g/mol. The molecule has 2 N–H and O–H groups in total. The van der Waals surface area contributed by atoms with Crippen LogP contribution in [0.5, 0.6) is 0 Å². The highest BCUT2D eigenvalue weighted by Crippen LogP contribution is 2.35. The summed E-state index contributed by atoms with van der Waals surface area (Å²) in [5.41, 5.74) is 7.82. The number of nitrogens with two attached hydrogens (primary N) is 1. The Hall–Kier alpha value is -1.09. The molecule has 1 aromatic rings. The topological polar surface area (TPSA) is 43.8 Å². The molecule has 16 heavy (non-hydrogen) atoms. The highest BCUT2D eigenvalue weighted by atomic mass is 15.0. The van der Waals surface area contributed by atoms with Gasteiger partial charge in [0.15, 0.2) is 0 Å². The molecule has 1 aliphatic rings. The van der Waals surface area contributed by atoms with Gasteiger partial charge in [-0.05, 0) is 18.3 Å². The molecule has 0 spiro atoms. The quantitative estimate of drug-likeness (QED) is 0.773. The summed E-state index contributed by atoms with van der Waals surface area (Å²) in [5, 5.41) is 0. The molecular formula is C13H21N3. The Morgan fingerprint density at radius 3 is 2.88 bits per heavy atom. The lowest BCUT2D eigenvalue weighted by molar-refractivity contribution is 0.299. The molecule has 0 aromatic carbocycles. The van der Waals surface area contributed by atoms with Gasteiger partial charge in [0, 0.05) is 31.9 Å². The Morgan fingerprint density at radius 2 is 2.31 bits per heavy atom. The molecule has 0 bridgehead atoms. The van der Waals surface area contributed by atoms with Crippen molar-refractivity contribution in [3.05, 3.63) is 29.9 Å². The van der Waals surface area contributed by atoms with Crippen molar-refractivity contribution in [1.29, 1.82) is 0 Å². The molecule has 1 aromatic heterocycles. The fraction of sp³-hybridized carbons (Fsp3) is 0.615. The van der Waals surface area contributed by atoms with Crippen LogP contribution in [0.3, 0.4) is 0 Å². The lowest BCUT2D eigenvalue weighted by atomic mass is 9.75. The van der Waals surface area contributed by atoms with E-state index >= 15 is 0 Å². The zero-order valence-corrected chi connectivity index (χ0v) is 10.4. The van der Waals surface area contributed by atoms with Crippen LogP contribution in [0, 0.1) is 5.41 Å². The van der Waals surface area contributed by atoms with Crippen LogP contribution in [-0.4, -0.2) is 15.6 Å². The third kappa shape index (κ3) is 2.53. The van der Waals surface area contributed by atoms with Gasteiger partial charge in [-0.2, -0.15) is 0 Å². The molecule has 1 atom stereocenters. The van der Waals surface area contributed by atoms with E-state index in [9.17, 15) is 0 Å². The predicted molar refractivity (Wildman–Crippen MR) is 66.0 cm³/mol. The fourth-order valence-corrected chi connectivity index (χ4v) is 2.64. The highest BCUT2D eigenvalue weighted by Gasteiger charge is 2.27. The maximum Gasteiger partial charge on any atom is 0.112 e. The van der Waals surface area contributed by atoms with Crippen LogP contribution in [0.2, 0.25) is 0 Å². The van der Waals surface area contributed by atoms with Crippen molar-refractivity contribution < 1.29 is 0 Å². The molecule has 0 amide bonds. The summed E-state index contributed by atoms with van der Waals surface area (Å²) in [6.45, 7) is 4.58. The minimum absolute atomic E-state index is 0.207. The lowest BCUT2D eigenvalue weighted by Gasteiger charge is -2.33. The van der Waals surface area contributed by atoms with E-state index in [2.05, 4.69) is 29.5 Å². The van der Waals surface area contributed by atoms with Crippen LogP contribution >= 0.6 is 0 Å². The number of rotatable bonds is 2. The van der Waals surface area contributed by atoms with E-state index in [4.69, 9.17) is 5.73 Å². The second kappa shape index (κ2) is 4.06. The first-order valence-corrected chi connectivity index (χ1v) is 5.88. The van der Waals surface area contributed by atoms with Gasteiger partial charge in [0.2, 0.25) is 0 Å². The van der Waals surface area contributed by atoms with E-state index in [1.54, 1.807) is 0 Å². The van der Waals surface area contributed by atoms with Crippen molar-refractivity contribution in [3.8, 4) is 0 Å². The molecule has 1 unspecified atom stereocenters. The minimum Gasteiger partial charge on any atom is -0.338 e. The smallest absolute Gasteiger partial charge is 0.112 e. The summed E-state index contributed by atoms with van der Waals surface area (Å²) in [6.07, 6.45) is 9.21. The van der Waals surface area contributed by atoms with Crippen LogP contribution in [0.25, 0.3) is 0 Å². The zero-order valence-electron chi connectivity index (χ0n) is 10.4. The molecule has 0 fully saturated rings. The molecule has 1 aliphatic carbocycles. The van der Waals surface area contributed by atoms with Gasteiger partial charge in [0.1, 0.15) is 5.82 Å². The van der Waals surface area contributed by atoms with Gasteiger partial charge >= 0.3 is 0 Å². The van der Waals surface area contributed by atoms with Crippen molar-refractivity contribution in [1.82, 2.24) is 9.55 Å². The van der Waals surface area contributed by atoms with Crippen molar-refractivity contribution in [2.45, 2.75) is 39.2 Å². The lowest BCUT2D eigenvalue weighted by Crippen LogP contribution is -2.31. The van der Waals surface area contributed by atoms with Gasteiger partial charge in [-0.1, -0.05) is 25.5 Å². The molecule has 0 saturated heterocycles. The van der Waals surface area contributed by atoms with Gasteiger partial charge in [-0.15, -0.1) is 0 Å². The van der Waals surface area contributed by atoms with Crippen LogP contribution in [0.1, 0.15) is 32.5 Å². The van der Waals surface area contributed by atoms with Gasteiger partial charge in [-0.25, -0.2) is 4.98 Å². The monoisotopic (exact) mass is 219 g/mol. The largest absolute Gasteiger partial charge is 0.338 e. The number of hydrogen-bond donors (Lipinski definition) is 1. The summed E-state index contributed by atoms with van der Waals surface area (Å²) in [6, 6.07) is 0.207. The van der Waals surface area contributed by atoms with Gasteiger partial charge in [0.05, 0.1) is 0 Å². The third-order valence-corrected chi connectivity index (χ3v) is 3.25.